The molecule has 1 N–H and O–H groups in total. The van der Waals surface area contributed by atoms with Crippen LogP contribution in [0.1, 0.15) is 23.5 Å². The first kappa shape index (κ1) is 13.0. The fourth-order valence-corrected chi connectivity index (χ4v) is 3.24. The predicted octanol–water partition coefficient (Wildman–Crippen LogP) is 4.45. The number of hydrogen-bond donors (Lipinski definition) is 1. The van der Waals surface area contributed by atoms with Gasteiger partial charge in [-0.3, -0.25) is 4.79 Å². The van der Waals surface area contributed by atoms with Gasteiger partial charge in [-0.25, -0.2) is 4.39 Å². The van der Waals surface area contributed by atoms with Gasteiger partial charge in [0.25, 0.3) is 0 Å². The number of carbonyl (C=O) groups excluding carboxylic acids is 1. The van der Waals surface area contributed by atoms with Gasteiger partial charge in [0.15, 0.2) is 0 Å². The Hall–Kier alpha value is -2.68. The number of amides is 1. The van der Waals surface area contributed by atoms with E-state index in [9.17, 15) is 9.18 Å². The average molecular weight is 291 g/mol. The highest BCUT2D eigenvalue weighted by Crippen LogP contribution is 2.41. The van der Waals surface area contributed by atoms with Gasteiger partial charge in [-0.15, -0.1) is 0 Å². The molecular weight excluding hydrogens is 277 g/mol. The molecule has 1 unspecified atom stereocenters. The molecule has 0 radical (unpaired) electrons. The van der Waals surface area contributed by atoms with Gasteiger partial charge in [-0.1, -0.05) is 54.6 Å². The lowest BCUT2D eigenvalue weighted by molar-refractivity contribution is -0.116. The van der Waals surface area contributed by atoms with Crippen molar-refractivity contribution >= 4 is 22.4 Å². The van der Waals surface area contributed by atoms with E-state index < -0.39 is 0 Å². The summed E-state index contributed by atoms with van der Waals surface area (Å²) < 4.78 is 14.2. The third-order valence-electron chi connectivity index (χ3n) is 4.27. The van der Waals surface area contributed by atoms with Crippen LogP contribution in [0.4, 0.5) is 10.1 Å². The lowest BCUT2D eigenvalue weighted by Crippen LogP contribution is -2.24. The third-order valence-corrected chi connectivity index (χ3v) is 4.27. The van der Waals surface area contributed by atoms with E-state index in [0.717, 1.165) is 22.0 Å². The highest BCUT2D eigenvalue weighted by Gasteiger charge is 2.29. The average Bonchev–Trinajstić information content (AvgIpc) is 2.54. The van der Waals surface area contributed by atoms with Crippen molar-refractivity contribution in [3.8, 4) is 0 Å². The van der Waals surface area contributed by atoms with Gasteiger partial charge in [0.1, 0.15) is 5.82 Å². The normalized spacial score (nSPS) is 17.1. The van der Waals surface area contributed by atoms with E-state index in [-0.39, 0.29) is 24.1 Å². The SMILES string of the molecule is O=C1CC(c2ccccc2F)c2ccc3ccccc3c2N1. The van der Waals surface area contributed by atoms with Gasteiger partial charge in [0.05, 0.1) is 5.69 Å². The van der Waals surface area contributed by atoms with E-state index in [4.69, 9.17) is 0 Å². The molecule has 3 heteroatoms. The van der Waals surface area contributed by atoms with E-state index in [0.29, 0.717) is 5.56 Å². The van der Waals surface area contributed by atoms with Crippen molar-refractivity contribution < 1.29 is 9.18 Å². The summed E-state index contributed by atoms with van der Waals surface area (Å²) in [6, 6.07) is 18.6. The molecule has 0 saturated carbocycles. The minimum Gasteiger partial charge on any atom is -0.325 e. The summed E-state index contributed by atoms with van der Waals surface area (Å²) in [5.41, 5.74) is 2.36. The summed E-state index contributed by atoms with van der Waals surface area (Å²) in [4.78, 5) is 12.1. The highest BCUT2D eigenvalue weighted by atomic mass is 19.1. The van der Waals surface area contributed by atoms with Crippen molar-refractivity contribution in [2.75, 3.05) is 5.32 Å². The van der Waals surface area contributed by atoms with Gasteiger partial charge in [0, 0.05) is 17.7 Å². The van der Waals surface area contributed by atoms with Crippen LogP contribution in [0.25, 0.3) is 10.8 Å². The zero-order chi connectivity index (χ0) is 15.1. The lowest BCUT2D eigenvalue weighted by Gasteiger charge is -2.27. The van der Waals surface area contributed by atoms with Crippen LogP contribution in [0, 0.1) is 5.82 Å². The Kier molecular flexibility index (Phi) is 2.93. The van der Waals surface area contributed by atoms with E-state index in [1.165, 1.54) is 6.07 Å². The lowest BCUT2D eigenvalue weighted by atomic mass is 9.83. The smallest absolute Gasteiger partial charge is 0.225 e. The number of carbonyl (C=O) groups is 1. The number of nitrogens with one attached hydrogen (secondary N) is 1. The summed E-state index contributed by atoms with van der Waals surface area (Å²) in [7, 11) is 0. The maximum Gasteiger partial charge on any atom is 0.225 e. The summed E-state index contributed by atoms with van der Waals surface area (Å²) in [6.07, 6.45) is 0.270. The number of benzene rings is 3. The minimum absolute atomic E-state index is 0.0721. The van der Waals surface area contributed by atoms with Crippen molar-refractivity contribution in [1.82, 2.24) is 0 Å². The molecule has 1 atom stereocenters. The number of halogens is 1. The van der Waals surface area contributed by atoms with Gasteiger partial charge in [-0.05, 0) is 22.6 Å². The Labute approximate surface area is 127 Å². The minimum atomic E-state index is -0.263. The molecule has 0 bridgehead atoms. The summed E-state index contributed by atoms with van der Waals surface area (Å²) in [5.74, 6) is -0.576. The monoisotopic (exact) mass is 291 g/mol. The molecule has 0 spiro atoms. The Morgan fingerprint density at radius 1 is 0.909 bits per heavy atom. The Morgan fingerprint density at radius 3 is 2.55 bits per heavy atom. The van der Waals surface area contributed by atoms with Gasteiger partial charge in [-0.2, -0.15) is 0 Å². The molecule has 0 aromatic heterocycles. The van der Waals surface area contributed by atoms with Crippen molar-refractivity contribution in [2.24, 2.45) is 0 Å². The maximum absolute atomic E-state index is 14.2. The molecule has 108 valence electrons. The molecule has 4 rings (SSSR count). The molecule has 0 fully saturated rings. The van der Waals surface area contributed by atoms with Crippen LogP contribution in [0.5, 0.6) is 0 Å². The molecular formula is C19H14FNO. The van der Waals surface area contributed by atoms with Crippen LogP contribution in [0.15, 0.2) is 60.7 Å². The van der Waals surface area contributed by atoms with Crippen LogP contribution in [-0.4, -0.2) is 5.91 Å². The summed E-state index contributed by atoms with van der Waals surface area (Å²) in [6.45, 7) is 0. The topological polar surface area (TPSA) is 29.1 Å². The van der Waals surface area contributed by atoms with Crippen molar-refractivity contribution in [3.63, 3.8) is 0 Å². The molecule has 2 nitrogen and oxygen atoms in total. The Morgan fingerprint density at radius 2 is 1.68 bits per heavy atom. The zero-order valence-corrected chi connectivity index (χ0v) is 11.8. The Balaban J connectivity index is 1.97. The largest absolute Gasteiger partial charge is 0.325 e. The van der Waals surface area contributed by atoms with Crippen molar-refractivity contribution in [1.29, 1.82) is 0 Å². The van der Waals surface area contributed by atoms with Crippen LogP contribution >= 0.6 is 0 Å². The molecule has 1 amide bonds. The second-order valence-electron chi connectivity index (χ2n) is 5.58. The van der Waals surface area contributed by atoms with Crippen molar-refractivity contribution in [3.05, 3.63) is 77.6 Å². The standard InChI is InChI=1S/C19H14FNO/c20-17-8-4-3-7-14(17)16-11-18(22)21-19-13-6-2-1-5-12(13)9-10-15(16)19/h1-10,16H,11H2,(H,21,22). The van der Waals surface area contributed by atoms with Gasteiger partial charge >= 0.3 is 0 Å². The van der Waals surface area contributed by atoms with E-state index >= 15 is 0 Å². The number of anilines is 1. The Bertz CT molecular complexity index is 887. The summed E-state index contributed by atoms with van der Waals surface area (Å²) in [5, 5.41) is 5.02. The molecule has 3 aromatic carbocycles. The fraction of sp³-hybridized carbons (Fsp3) is 0.105. The molecule has 1 aliphatic rings. The molecule has 22 heavy (non-hydrogen) atoms. The van der Waals surface area contributed by atoms with Crippen LogP contribution < -0.4 is 5.32 Å². The molecule has 3 aromatic rings. The van der Waals surface area contributed by atoms with Crippen LogP contribution in [-0.2, 0) is 4.79 Å². The van der Waals surface area contributed by atoms with E-state index in [1.54, 1.807) is 12.1 Å². The molecule has 0 saturated heterocycles. The highest BCUT2D eigenvalue weighted by molar-refractivity contribution is 6.06. The molecule has 1 heterocycles. The number of fused-ring (bicyclic) bond motifs is 3. The molecule has 1 aliphatic heterocycles. The van der Waals surface area contributed by atoms with Crippen LogP contribution in [0.2, 0.25) is 0 Å². The third kappa shape index (κ3) is 1.98. The van der Waals surface area contributed by atoms with Gasteiger partial charge in [0.2, 0.25) is 5.91 Å². The van der Waals surface area contributed by atoms with E-state index in [1.807, 2.05) is 42.5 Å². The second-order valence-corrected chi connectivity index (χ2v) is 5.58. The predicted molar refractivity (Wildman–Crippen MR) is 85.4 cm³/mol. The zero-order valence-electron chi connectivity index (χ0n) is 11.8. The fourth-order valence-electron chi connectivity index (χ4n) is 3.24. The number of hydrogen-bond acceptors (Lipinski definition) is 1. The number of rotatable bonds is 1. The van der Waals surface area contributed by atoms with Gasteiger partial charge < -0.3 is 5.32 Å². The van der Waals surface area contributed by atoms with Crippen LogP contribution in [0.3, 0.4) is 0 Å². The van der Waals surface area contributed by atoms with E-state index in [2.05, 4.69) is 5.32 Å². The first-order valence-electron chi connectivity index (χ1n) is 7.30. The van der Waals surface area contributed by atoms with Crippen molar-refractivity contribution in [2.45, 2.75) is 12.3 Å². The second kappa shape index (κ2) is 4.95. The quantitative estimate of drug-likeness (QED) is 0.705. The first-order chi connectivity index (χ1) is 10.7. The maximum atomic E-state index is 14.2. The summed E-state index contributed by atoms with van der Waals surface area (Å²) >= 11 is 0. The first-order valence-corrected chi connectivity index (χ1v) is 7.30. The molecule has 0 aliphatic carbocycles.